The fourth-order valence-electron chi connectivity index (χ4n) is 1.07. The topological polar surface area (TPSA) is 32.3 Å². The number of hydrogen-bond acceptors (Lipinski definition) is 2. The van der Waals surface area contributed by atoms with Gasteiger partial charge in [0.25, 0.3) is 0 Å². The van der Waals surface area contributed by atoms with Gasteiger partial charge in [-0.1, -0.05) is 0 Å². The first-order chi connectivity index (χ1) is 4.74. The monoisotopic (exact) mass is 141 g/mol. The van der Waals surface area contributed by atoms with Crippen LogP contribution in [0.1, 0.15) is 6.92 Å². The van der Waals surface area contributed by atoms with Crippen LogP contribution in [0.25, 0.3) is 0 Å². The highest BCUT2D eigenvalue weighted by molar-refractivity contribution is 5.74. The van der Waals surface area contributed by atoms with Gasteiger partial charge in [0, 0.05) is 26.1 Å². The zero-order valence-corrected chi connectivity index (χ0v) is 6.26. The highest BCUT2D eigenvalue weighted by Crippen LogP contribution is 2.06. The second kappa shape index (κ2) is 3.01. The molecule has 10 heavy (non-hydrogen) atoms. The molecule has 1 radical (unpaired) electrons. The van der Waals surface area contributed by atoms with Crippen LogP contribution >= 0.6 is 0 Å². The number of amides is 1. The highest BCUT2D eigenvalue weighted by atomic mass is 16.2. The second-order valence-corrected chi connectivity index (χ2v) is 2.58. The van der Waals surface area contributed by atoms with Crippen LogP contribution < -0.4 is 5.32 Å². The van der Waals surface area contributed by atoms with E-state index in [2.05, 4.69) is 12.2 Å². The number of nitrogens with zero attached hydrogens (tertiary/aromatic N) is 1. The number of rotatable bonds is 2. The van der Waals surface area contributed by atoms with Gasteiger partial charge >= 0.3 is 0 Å². The van der Waals surface area contributed by atoms with Crippen molar-refractivity contribution in [3.8, 4) is 0 Å². The number of hydrogen-bond donors (Lipinski definition) is 1. The van der Waals surface area contributed by atoms with Gasteiger partial charge < -0.3 is 10.2 Å². The summed E-state index contributed by atoms with van der Waals surface area (Å²) in [5, 5.41) is 3.16. The standard InChI is InChI=1S/C7H13N2O/c1-3-8-7-4-9(5-7)6(2)10/h7-8H,1,3-5H2,2H3. The first kappa shape index (κ1) is 7.54. The maximum Gasteiger partial charge on any atom is 0.219 e. The van der Waals surface area contributed by atoms with Crippen molar-refractivity contribution in [2.45, 2.75) is 13.0 Å². The minimum absolute atomic E-state index is 0.169. The zero-order valence-electron chi connectivity index (χ0n) is 6.26. The van der Waals surface area contributed by atoms with E-state index in [9.17, 15) is 4.79 Å². The van der Waals surface area contributed by atoms with Crippen LogP contribution in [0.5, 0.6) is 0 Å². The summed E-state index contributed by atoms with van der Waals surface area (Å²) < 4.78 is 0. The third kappa shape index (κ3) is 1.48. The molecule has 0 aromatic heterocycles. The molecule has 0 spiro atoms. The van der Waals surface area contributed by atoms with E-state index in [4.69, 9.17) is 0 Å². The molecule has 1 N–H and O–H groups in total. The normalized spacial score (nSPS) is 18.8. The summed E-state index contributed by atoms with van der Waals surface area (Å²) in [5.41, 5.74) is 0. The lowest BCUT2D eigenvalue weighted by Gasteiger charge is -2.38. The van der Waals surface area contributed by atoms with Crippen molar-refractivity contribution in [1.29, 1.82) is 0 Å². The molecule has 1 heterocycles. The van der Waals surface area contributed by atoms with Gasteiger partial charge in [-0.15, -0.1) is 0 Å². The minimum atomic E-state index is 0.169. The predicted octanol–water partition coefficient (Wildman–Crippen LogP) is -0.359. The average molecular weight is 141 g/mol. The molecule has 3 nitrogen and oxygen atoms in total. The number of likely N-dealkylation sites (tertiary alicyclic amines) is 1. The van der Waals surface area contributed by atoms with E-state index >= 15 is 0 Å². The van der Waals surface area contributed by atoms with Crippen molar-refractivity contribution in [3.05, 3.63) is 6.92 Å². The molecule has 0 aromatic carbocycles. The molecule has 0 bridgehead atoms. The molecule has 1 fully saturated rings. The van der Waals surface area contributed by atoms with Crippen LogP contribution in [0.4, 0.5) is 0 Å². The molecule has 0 saturated carbocycles. The van der Waals surface area contributed by atoms with Gasteiger partial charge in [0.15, 0.2) is 0 Å². The number of carbonyl (C=O) groups is 1. The number of nitrogens with one attached hydrogen (secondary N) is 1. The smallest absolute Gasteiger partial charge is 0.219 e. The van der Waals surface area contributed by atoms with Crippen LogP contribution in [-0.2, 0) is 4.79 Å². The second-order valence-electron chi connectivity index (χ2n) is 2.58. The Morgan fingerprint density at radius 1 is 1.80 bits per heavy atom. The third-order valence-electron chi connectivity index (χ3n) is 1.76. The molecule has 0 aromatic rings. The maximum absolute atomic E-state index is 10.7. The first-order valence-corrected chi connectivity index (χ1v) is 3.52. The Bertz CT molecular complexity index is 130. The van der Waals surface area contributed by atoms with Crippen molar-refractivity contribution in [1.82, 2.24) is 10.2 Å². The fraction of sp³-hybridized carbons (Fsp3) is 0.714. The van der Waals surface area contributed by atoms with Crippen molar-refractivity contribution >= 4 is 5.91 Å². The van der Waals surface area contributed by atoms with Crippen LogP contribution in [0.2, 0.25) is 0 Å². The molecular weight excluding hydrogens is 128 g/mol. The van der Waals surface area contributed by atoms with E-state index in [1.807, 2.05) is 4.90 Å². The van der Waals surface area contributed by atoms with E-state index in [1.165, 1.54) is 0 Å². The fourth-order valence-corrected chi connectivity index (χ4v) is 1.07. The lowest BCUT2D eigenvalue weighted by Crippen LogP contribution is -2.59. The van der Waals surface area contributed by atoms with Crippen molar-refractivity contribution in [2.75, 3.05) is 19.6 Å². The van der Waals surface area contributed by atoms with E-state index in [1.54, 1.807) is 6.92 Å². The molecule has 3 heteroatoms. The van der Waals surface area contributed by atoms with Crippen molar-refractivity contribution < 1.29 is 4.79 Å². The van der Waals surface area contributed by atoms with Crippen LogP contribution in [-0.4, -0.2) is 36.5 Å². The third-order valence-corrected chi connectivity index (χ3v) is 1.76. The summed E-state index contributed by atoms with van der Waals surface area (Å²) in [4.78, 5) is 12.5. The Hall–Kier alpha value is -0.570. The van der Waals surface area contributed by atoms with Crippen LogP contribution in [0.15, 0.2) is 0 Å². The van der Waals surface area contributed by atoms with Gasteiger partial charge in [0.1, 0.15) is 0 Å². The summed E-state index contributed by atoms with van der Waals surface area (Å²) in [6.07, 6.45) is 0. The lowest BCUT2D eigenvalue weighted by molar-refractivity contribution is -0.133. The molecule has 0 unspecified atom stereocenters. The SMILES string of the molecule is [CH2]CNC1CN(C(C)=O)C1. The molecule has 0 atom stereocenters. The van der Waals surface area contributed by atoms with Gasteiger partial charge in [0.2, 0.25) is 5.91 Å². The summed E-state index contributed by atoms with van der Waals surface area (Å²) in [6.45, 7) is 7.71. The summed E-state index contributed by atoms with van der Waals surface area (Å²) >= 11 is 0. The van der Waals surface area contributed by atoms with Crippen LogP contribution in [0, 0.1) is 6.92 Å². The Kier molecular flexibility index (Phi) is 2.27. The van der Waals surface area contributed by atoms with E-state index in [0.29, 0.717) is 6.04 Å². The Morgan fingerprint density at radius 2 is 2.40 bits per heavy atom. The van der Waals surface area contributed by atoms with Gasteiger partial charge in [-0.2, -0.15) is 0 Å². The van der Waals surface area contributed by atoms with Crippen molar-refractivity contribution in [2.24, 2.45) is 0 Å². The number of carbonyl (C=O) groups excluding carboxylic acids is 1. The average Bonchev–Trinajstić information content (AvgIpc) is 1.76. The largest absolute Gasteiger partial charge is 0.340 e. The molecule has 1 amide bonds. The molecule has 1 aliphatic heterocycles. The maximum atomic E-state index is 10.7. The van der Waals surface area contributed by atoms with E-state index < -0.39 is 0 Å². The first-order valence-electron chi connectivity index (χ1n) is 3.52. The molecule has 57 valence electrons. The van der Waals surface area contributed by atoms with E-state index in [-0.39, 0.29) is 5.91 Å². The van der Waals surface area contributed by atoms with Gasteiger partial charge in [-0.25, -0.2) is 0 Å². The summed E-state index contributed by atoms with van der Waals surface area (Å²) in [7, 11) is 0. The van der Waals surface area contributed by atoms with E-state index in [0.717, 1.165) is 19.6 Å². The van der Waals surface area contributed by atoms with Gasteiger partial charge in [-0.05, 0) is 13.5 Å². The Morgan fingerprint density at radius 3 is 2.80 bits per heavy atom. The minimum Gasteiger partial charge on any atom is -0.340 e. The molecule has 1 rings (SSSR count). The Labute approximate surface area is 61.4 Å². The quantitative estimate of drug-likeness (QED) is 0.569. The van der Waals surface area contributed by atoms with Gasteiger partial charge in [-0.3, -0.25) is 4.79 Å². The lowest BCUT2D eigenvalue weighted by atomic mass is 10.1. The molecule has 1 saturated heterocycles. The van der Waals surface area contributed by atoms with Gasteiger partial charge in [0.05, 0.1) is 0 Å². The Balaban J connectivity index is 2.12. The molecule has 1 aliphatic rings. The predicted molar refractivity (Wildman–Crippen MR) is 39.4 cm³/mol. The molecule has 0 aliphatic carbocycles. The highest BCUT2D eigenvalue weighted by Gasteiger charge is 2.26. The van der Waals surface area contributed by atoms with Crippen molar-refractivity contribution in [3.63, 3.8) is 0 Å². The summed E-state index contributed by atoms with van der Waals surface area (Å²) in [6, 6.07) is 0.487. The zero-order chi connectivity index (χ0) is 7.56. The summed E-state index contributed by atoms with van der Waals surface area (Å²) in [5.74, 6) is 0.169. The molecular formula is C7H13N2O. The van der Waals surface area contributed by atoms with Crippen LogP contribution in [0.3, 0.4) is 0 Å².